The molecule has 270 valence electrons. The molecule has 0 amide bonds. The van der Waals surface area contributed by atoms with Crippen LogP contribution in [0.1, 0.15) is 0 Å². The second-order valence-electron chi connectivity index (χ2n) is 14.8. The summed E-state index contributed by atoms with van der Waals surface area (Å²) < 4.78 is 17.3. The van der Waals surface area contributed by atoms with Crippen LogP contribution in [0.5, 0.6) is 0 Å². The molecule has 8 aromatic carbocycles. The highest BCUT2D eigenvalue weighted by molar-refractivity contribution is 6.17. The van der Waals surface area contributed by atoms with Gasteiger partial charge in [-0.1, -0.05) is 121 Å². The second-order valence-corrected chi connectivity index (χ2v) is 14.8. The fraction of sp³-hybridized carbons (Fsp3) is 0. The maximum absolute atomic E-state index is 6.59. The maximum Gasteiger partial charge on any atom is 0.240 e. The molecule has 13 rings (SSSR count). The largest absolute Gasteiger partial charge is 0.456 e. The van der Waals surface area contributed by atoms with Crippen molar-refractivity contribution in [3.8, 4) is 34.4 Å². The number of hydrogen-bond donors (Lipinski definition) is 0. The monoisotopic (exact) mass is 743 g/mol. The van der Waals surface area contributed by atoms with Crippen LogP contribution in [0.15, 0.2) is 185 Å². The fourth-order valence-electron chi connectivity index (χ4n) is 9.05. The molecule has 5 heterocycles. The van der Waals surface area contributed by atoms with E-state index in [1.807, 2.05) is 24.3 Å². The summed E-state index contributed by atoms with van der Waals surface area (Å²) in [5.74, 6) is 1.55. The lowest BCUT2D eigenvalue weighted by atomic mass is 9.99. The average molecular weight is 744 g/mol. The van der Waals surface area contributed by atoms with Gasteiger partial charge in [-0.15, -0.1) is 0 Å². The zero-order valence-corrected chi connectivity index (χ0v) is 30.8. The average Bonchev–Trinajstić information content (AvgIpc) is 4.03. The Hall–Kier alpha value is -8.03. The summed E-state index contributed by atoms with van der Waals surface area (Å²) in [4.78, 5) is 16.0. The van der Waals surface area contributed by atoms with Gasteiger partial charge in [0, 0.05) is 54.7 Å². The Labute approximate surface area is 329 Å². The van der Waals surface area contributed by atoms with E-state index in [1.165, 1.54) is 0 Å². The number of benzene rings is 8. The summed E-state index contributed by atoms with van der Waals surface area (Å²) >= 11 is 0. The van der Waals surface area contributed by atoms with Crippen LogP contribution in [0.2, 0.25) is 0 Å². The predicted molar refractivity (Wildman–Crippen MR) is 234 cm³/mol. The number of rotatable bonds is 4. The van der Waals surface area contributed by atoms with Gasteiger partial charge in [-0.25, -0.2) is 0 Å². The molecule has 0 saturated heterocycles. The molecule has 0 N–H and O–H groups in total. The Morgan fingerprint density at radius 3 is 1.62 bits per heavy atom. The van der Waals surface area contributed by atoms with E-state index in [1.54, 1.807) is 0 Å². The molecule has 13 aromatic rings. The molecular weight excluding hydrogens is 715 g/mol. The number of aromatic nitrogens is 5. The van der Waals surface area contributed by atoms with Crippen molar-refractivity contribution in [3.63, 3.8) is 0 Å². The zero-order valence-electron chi connectivity index (χ0n) is 30.8. The number of nitrogens with zero attached hydrogens (tertiary/aromatic N) is 5. The van der Waals surface area contributed by atoms with Crippen LogP contribution in [0.4, 0.5) is 0 Å². The molecule has 0 aliphatic carbocycles. The highest BCUT2D eigenvalue weighted by Crippen LogP contribution is 2.41. The highest BCUT2D eigenvalue weighted by Gasteiger charge is 2.22. The van der Waals surface area contributed by atoms with Crippen molar-refractivity contribution < 1.29 is 8.83 Å². The van der Waals surface area contributed by atoms with E-state index in [2.05, 4.69) is 161 Å². The van der Waals surface area contributed by atoms with Gasteiger partial charge in [0.2, 0.25) is 11.9 Å². The minimum Gasteiger partial charge on any atom is -0.456 e. The van der Waals surface area contributed by atoms with Gasteiger partial charge in [0.1, 0.15) is 22.3 Å². The van der Waals surface area contributed by atoms with E-state index < -0.39 is 0 Å². The first-order valence-electron chi connectivity index (χ1n) is 19.4. The first-order valence-corrected chi connectivity index (χ1v) is 19.4. The van der Waals surface area contributed by atoms with Gasteiger partial charge in [-0.05, 0) is 59.7 Å². The Bertz CT molecular complexity index is 3760. The minimum absolute atomic E-state index is 0.500. The lowest BCUT2D eigenvalue weighted by Crippen LogP contribution is -2.10. The molecule has 0 spiro atoms. The van der Waals surface area contributed by atoms with Crippen LogP contribution in [0.25, 0.3) is 122 Å². The van der Waals surface area contributed by atoms with E-state index in [-0.39, 0.29) is 0 Å². The van der Waals surface area contributed by atoms with Crippen molar-refractivity contribution in [1.29, 1.82) is 0 Å². The molecule has 7 nitrogen and oxygen atoms in total. The van der Waals surface area contributed by atoms with Crippen molar-refractivity contribution in [3.05, 3.63) is 176 Å². The first-order chi connectivity index (χ1) is 28.7. The van der Waals surface area contributed by atoms with E-state index in [0.29, 0.717) is 17.7 Å². The van der Waals surface area contributed by atoms with Crippen LogP contribution < -0.4 is 0 Å². The summed E-state index contributed by atoms with van der Waals surface area (Å²) in [6.07, 6.45) is 0. The van der Waals surface area contributed by atoms with Gasteiger partial charge >= 0.3 is 0 Å². The van der Waals surface area contributed by atoms with E-state index in [9.17, 15) is 0 Å². The molecular formula is C51H29N5O2. The third-order valence-corrected chi connectivity index (χ3v) is 11.6. The van der Waals surface area contributed by atoms with Gasteiger partial charge in [-0.3, -0.25) is 9.13 Å². The molecule has 5 aromatic heterocycles. The molecule has 58 heavy (non-hydrogen) atoms. The van der Waals surface area contributed by atoms with Crippen molar-refractivity contribution in [2.75, 3.05) is 0 Å². The van der Waals surface area contributed by atoms with Crippen LogP contribution in [-0.4, -0.2) is 24.1 Å². The Morgan fingerprint density at radius 2 is 0.897 bits per heavy atom. The number of hydrogen-bond acceptors (Lipinski definition) is 5. The van der Waals surface area contributed by atoms with Crippen LogP contribution >= 0.6 is 0 Å². The molecule has 7 heteroatoms. The van der Waals surface area contributed by atoms with Crippen molar-refractivity contribution in [2.45, 2.75) is 0 Å². The van der Waals surface area contributed by atoms with Crippen molar-refractivity contribution in [1.82, 2.24) is 24.1 Å². The Balaban J connectivity index is 1.10. The second kappa shape index (κ2) is 11.7. The predicted octanol–water partition coefficient (Wildman–Crippen LogP) is 13.2. The van der Waals surface area contributed by atoms with Gasteiger partial charge in [0.05, 0.1) is 22.1 Å². The fourth-order valence-corrected chi connectivity index (χ4v) is 9.05. The van der Waals surface area contributed by atoms with Crippen LogP contribution in [-0.2, 0) is 0 Å². The molecule has 0 unspecified atom stereocenters. The maximum atomic E-state index is 6.59. The molecule has 0 aliphatic rings. The normalized spacial score (nSPS) is 12.1. The Morgan fingerprint density at radius 1 is 0.328 bits per heavy atom. The number of fused-ring (bicyclic) bond motifs is 12. The molecule has 0 saturated carbocycles. The summed E-state index contributed by atoms with van der Waals surface area (Å²) in [7, 11) is 0. The van der Waals surface area contributed by atoms with Gasteiger partial charge in [-0.2, -0.15) is 15.0 Å². The molecule has 0 bridgehead atoms. The van der Waals surface area contributed by atoms with Crippen molar-refractivity contribution >= 4 is 87.5 Å². The van der Waals surface area contributed by atoms with Crippen LogP contribution in [0, 0.1) is 0 Å². The van der Waals surface area contributed by atoms with Gasteiger partial charge in [0.15, 0.2) is 5.82 Å². The smallest absolute Gasteiger partial charge is 0.240 e. The SMILES string of the molecule is c1ccc(-c2cccc3oc4cc(-c5nc(-n6c7ccccc7c7ccccc76)nc(-n6c7ccccc7c7cc8c(cc76)oc6ccccc68)n5)ccc4c23)cc1. The minimum atomic E-state index is 0.500. The van der Waals surface area contributed by atoms with Crippen LogP contribution in [0.3, 0.4) is 0 Å². The third kappa shape index (κ3) is 4.41. The lowest BCUT2D eigenvalue weighted by molar-refractivity contribution is 0.668. The van der Waals surface area contributed by atoms with Gasteiger partial charge in [0.25, 0.3) is 0 Å². The molecule has 0 aliphatic heterocycles. The summed E-state index contributed by atoms with van der Waals surface area (Å²) in [5, 5.41) is 8.72. The number of furan rings is 2. The quantitative estimate of drug-likeness (QED) is 0.179. The summed E-state index contributed by atoms with van der Waals surface area (Å²) in [6, 6.07) is 60.8. The topological polar surface area (TPSA) is 74.8 Å². The summed E-state index contributed by atoms with van der Waals surface area (Å²) in [5.41, 5.74) is 10.3. The van der Waals surface area contributed by atoms with E-state index in [4.69, 9.17) is 23.8 Å². The zero-order chi connectivity index (χ0) is 37.9. The van der Waals surface area contributed by atoms with E-state index in [0.717, 1.165) is 104 Å². The summed E-state index contributed by atoms with van der Waals surface area (Å²) in [6.45, 7) is 0. The van der Waals surface area contributed by atoms with E-state index >= 15 is 0 Å². The highest BCUT2D eigenvalue weighted by atomic mass is 16.3. The lowest BCUT2D eigenvalue weighted by Gasteiger charge is -2.12. The molecule has 0 fully saturated rings. The van der Waals surface area contributed by atoms with Gasteiger partial charge < -0.3 is 8.83 Å². The van der Waals surface area contributed by atoms with Crippen molar-refractivity contribution in [2.24, 2.45) is 0 Å². The first kappa shape index (κ1) is 31.2. The molecule has 0 atom stereocenters. The Kier molecular flexibility index (Phi) is 6.32. The third-order valence-electron chi connectivity index (χ3n) is 11.6. The standard InChI is InChI=1S/C51H29N5O2/c1-2-13-30(14-3-1)32-19-12-24-45-48(32)37-26-25-31(27-46(37)58-45)49-52-50(55-40-20-8-4-15-33(40)34-16-5-9-21-41(34)55)54-51(53-49)56-42-22-10-6-17-35(42)38-28-39-36-18-7-11-23-44(36)57-47(39)29-43(38)56/h1-29H. The number of para-hydroxylation sites is 4. The molecule has 0 radical (unpaired) electrons.